The van der Waals surface area contributed by atoms with E-state index in [2.05, 4.69) is 15.4 Å². The molecule has 0 unspecified atom stereocenters. The van der Waals surface area contributed by atoms with Gasteiger partial charge in [0.25, 0.3) is 11.8 Å². The van der Waals surface area contributed by atoms with Crippen LogP contribution in [0.5, 0.6) is 5.75 Å². The number of fused-ring (bicyclic) bond motifs is 2. The van der Waals surface area contributed by atoms with E-state index in [9.17, 15) is 9.59 Å². The first kappa shape index (κ1) is 22.3. The maximum absolute atomic E-state index is 13.3. The molecule has 0 fully saturated rings. The summed E-state index contributed by atoms with van der Waals surface area (Å²) in [5.41, 5.74) is 1.84. The first-order valence-electron chi connectivity index (χ1n) is 10.7. The van der Waals surface area contributed by atoms with Gasteiger partial charge in [-0.2, -0.15) is 5.10 Å². The van der Waals surface area contributed by atoms with Gasteiger partial charge in [-0.1, -0.05) is 35.6 Å². The number of pyridine rings is 1. The Morgan fingerprint density at radius 3 is 2.71 bits per heavy atom. The molecule has 0 saturated carbocycles. The second-order valence-electron chi connectivity index (χ2n) is 8.06. The summed E-state index contributed by atoms with van der Waals surface area (Å²) in [6.07, 6.45) is 1.10. The number of ether oxygens (including phenoxy) is 2. The summed E-state index contributed by atoms with van der Waals surface area (Å²) in [5.74, 6) is -0.894. The molecule has 4 heterocycles. The van der Waals surface area contributed by atoms with Crippen LogP contribution in [0.15, 0.2) is 54.7 Å². The van der Waals surface area contributed by atoms with Gasteiger partial charge in [0.05, 0.1) is 42.4 Å². The van der Waals surface area contributed by atoms with Crippen LogP contribution in [-0.4, -0.2) is 74.6 Å². The van der Waals surface area contributed by atoms with Crippen LogP contribution in [0.3, 0.4) is 0 Å². The van der Waals surface area contributed by atoms with Gasteiger partial charge in [-0.3, -0.25) is 14.3 Å². The molecule has 2 atom stereocenters. The van der Waals surface area contributed by atoms with Crippen molar-refractivity contribution in [2.75, 3.05) is 18.1 Å². The summed E-state index contributed by atoms with van der Waals surface area (Å²) in [4.78, 5) is 31.4. The van der Waals surface area contributed by atoms with Gasteiger partial charge in [0.1, 0.15) is 18.8 Å². The zero-order valence-corrected chi connectivity index (χ0v) is 18.1. The average molecular weight is 449 g/mol. The molecule has 12 heteroatoms. The SMILES string of the molecule is [B]C([B])([B])N1C(=O)[C@@H](NC(=O)c2cc3n(n2)CCO[C@H]3c2ccccc2)COc2cccnc21. The third kappa shape index (κ3) is 4.09. The van der Waals surface area contributed by atoms with Crippen LogP contribution >= 0.6 is 0 Å². The smallest absolute Gasteiger partial charge is 0.272 e. The number of carbonyl (C=O) groups excluding carboxylic acids is 2. The van der Waals surface area contributed by atoms with Gasteiger partial charge in [-0.25, -0.2) is 4.98 Å². The molecule has 6 radical (unpaired) electrons. The number of nitrogens with one attached hydrogen (secondary N) is 1. The van der Waals surface area contributed by atoms with Gasteiger partial charge in [0.15, 0.2) is 17.3 Å². The summed E-state index contributed by atoms with van der Waals surface area (Å²) in [7, 11) is 17.5. The lowest BCUT2D eigenvalue weighted by molar-refractivity contribution is -0.120. The highest BCUT2D eigenvalue weighted by atomic mass is 16.5. The fourth-order valence-corrected chi connectivity index (χ4v) is 4.05. The maximum Gasteiger partial charge on any atom is 0.272 e. The predicted molar refractivity (Wildman–Crippen MR) is 125 cm³/mol. The first-order valence-corrected chi connectivity index (χ1v) is 10.7. The number of hydrogen-bond acceptors (Lipinski definition) is 6. The zero-order valence-electron chi connectivity index (χ0n) is 18.1. The molecule has 34 heavy (non-hydrogen) atoms. The number of hydrogen-bond donors (Lipinski definition) is 1. The minimum atomic E-state index is -2.06. The third-order valence-corrected chi connectivity index (χ3v) is 5.58. The molecule has 164 valence electrons. The Labute approximate surface area is 200 Å². The molecule has 2 amide bonds. The molecule has 0 aliphatic carbocycles. The van der Waals surface area contributed by atoms with E-state index in [1.54, 1.807) is 22.9 Å². The molecule has 2 aliphatic heterocycles. The quantitative estimate of drug-likeness (QED) is 0.566. The lowest BCUT2D eigenvalue weighted by atomic mass is 9.48. The van der Waals surface area contributed by atoms with Crippen molar-refractivity contribution in [2.45, 2.75) is 23.9 Å². The molecule has 0 bridgehead atoms. The molecule has 9 nitrogen and oxygen atoms in total. The Kier molecular flexibility index (Phi) is 5.69. The highest BCUT2D eigenvalue weighted by Gasteiger charge is 2.39. The van der Waals surface area contributed by atoms with Gasteiger partial charge in [-0.15, -0.1) is 0 Å². The Hall–Kier alpha value is -3.53. The van der Waals surface area contributed by atoms with Crippen LogP contribution < -0.4 is 15.0 Å². The lowest BCUT2D eigenvalue weighted by Gasteiger charge is -2.37. The zero-order chi connectivity index (χ0) is 23.9. The van der Waals surface area contributed by atoms with Gasteiger partial charge >= 0.3 is 0 Å². The van der Waals surface area contributed by atoms with Crippen molar-refractivity contribution in [1.29, 1.82) is 0 Å². The van der Waals surface area contributed by atoms with E-state index in [-0.39, 0.29) is 30.0 Å². The average Bonchev–Trinajstić information content (AvgIpc) is 3.21. The molecule has 0 spiro atoms. The summed E-state index contributed by atoms with van der Waals surface area (Å²) in [6.45, 7) is 0.789. The number of benzene rings is 1. The lowest BCUT2D eigenvalue weighted by Crippen LogP contribution is -2.60. The molecule has 1 aromatic carbocycles. The number of rotatable bonds is 4. The van der Waals surface area contributed by atoms with Crippen molar-refractivity contribution >= 4 is 41.2 Å². The van der Waals surface area contributed by atoms with Crippen molar-refractivity contribution in [3.63, 3.8) is 0 Å². The monoisotopic (exact) mass is 449 g/mol. The first-order chi connectivity index (χ1) is 16.3. The van der Waals surface area contributed by atoms with Crippen molar-refractivity contribution < 1.29 is 19.1 Å². The van der Waals surface area contributed by atoms with Gasteiger partial charge in [0, 0.05) is 6.20 Å². The Morgan fingerprint density at radius 2 is 1.94 bits per heavy atom. The summed E-state index contributed by atoms with van der Waals surface area (Å²) < 4.78 is 13.4. The number of aromatic nitrogens is 3. The van der Waals surface area contributed by atoms with Gasteiger partial charge in [0.2, 0.25) is 0 Å². The molecule has 3 aromatic rings. The van der Waals surface area contributed by atoms with Gasteiger partial charge < -0.3 is 19.7 Å². The van der Waals surface area contributed by atoms with Crippen LogP contribution in [-0.2, 0) is 16.1 Å². The minimum Gasteiger partial charge on any atom is -0.487 e. The second kappa shape index (κ2) is 8.68. The topological polar surface area (TPSA) is 98.6 Å². The molecule has 1 N–H and O–H groups in total. The number of nitrogens with zero attached hydrogens (tertiary/aromatic N) is 4. The van der Waals surface area contributed by atoms with Crippen LogP contribution in [0.2, 0.25) is 0 Å². The van der Waals surface area contributed by atoms with Crippen LogP contribution in [0, 0.1) is 0 Å². The highest BCUT2D eigenvalue weighted by Crippen LogP contribution is 2.32. The van der Waals surface area contributed by atoms with Crippen LogP contribution in [0.4, 0.5) is 5.82 Å². The molecule has 0 saturated heterocycles. The number of carbonyl (C=O) groups is 2. The molecule has 2 aromatic heterocycles. The molecular formula is C22H18B3N5O4. The standard InChI is InChI=1S/C22H18B3N5O4/c23-22(24,25)30-19-17(7-4-8-26-19)34-12-15(21(30)32)27-20(31)14-11-16-18(13-5-2-1-3-6-13)33-10-9-29(16)28-14/h1-8,11,15,18H,9-10,12H2,(H,27,31)/t15-,18-/m0/s1. The summed E-state index contributed by atoms with van der Waals surface area (Å²) in [5, 5.41) is 5.01. The summed E-state index contributed by atoms with van der Waals surface area (Å²) in [6, 6.07) is 13.4. The van der Waals surface area contributed by atoms with Gasteiger partial charge in [-0.05, 0) is 23.8 Å². The van der Waals surface area contributed by atoms with E-state index in [1.807, 2.05) is 30.3 Å². The maximum atomic E-state index is 13.3. The summed E-state index contributed by atoms with van der Waals surface area (Å²) >= 11 is 0. The van der Waals surface area contributed by atoms with Crippen molar-refractivity contribution in [2.24, 2.45) is 0 Å². The van der Waals surface area contributed by atoms with Crippen molar-refractivity contribution in [3.8, 4) is 5.75 Å². The highest BCUT2D eigenvalue weighted by molar-refractivity contribution is 6.62. The fraction of sp³-hybridized carbons (Fsp3) is 0.273. The Morgan fingerprint density at radius 1 is 1.15 bits per heavy atom. The Balaban J connectivity index is 1.40. The van der Waals surface area contributed by atoms with E-state index in [0.29, 0.717) is 13.2 Å². The van der Waals surface area contributed by atoms with Crippen LogP contribution in [0.25, 0.3) is 0 Å². The van der Waals surface area contributed by atoms with E-state index in [4.69, 9.17) is 33.0 Å². The van der Waals surface area contributed by atoms with Crippen LogP contribution in [0.1, 0.15) is 27.8 Å². The van der Waals surface area contributed by atoms with Crippen molar-refractivity contribution in [1.82, 2.24) is 20.1 Å². The minimum absolute atomic E-state index is 0.0667. The number of amides is 2. The molecule has 5 rings (SSSR count). The van der Waals surface area contributed by atoms with E-state index >= 15 is 0 Å². The normalized spacial score (nSPS) is 20.0. The van der Waals surface area contributed by atoms with Crippen molar-refractivity contribution in [3.05, 3.63) is 71.7 Å². The Bertz CT molecular complexity index is 1230. The van der Waals surface area contributed by atoms with E-state index in [0.717, 1.165) is 16.2 Å². The number of anilines is 1. The van der Waals surface area contributed by atoms with E-state index in [1.165, 1.54) is 6.20 Å². The second-order valence-corrected chi connectivity index (χ2v) is 8.06. The predicted octanol–water partition coefficient (Wildman–Crippen LogP) is 0.0385. The van der Waals surface area contributed by atoms with E-state index < -0.39 is 23.1 Å². The third-order valence-electron chi connectivity index (χ3n) is 5.58. The molecule has 2 aliphatic rings. The fourth-order valence-electron chi connectivity index (χ4n) is 4.05. The largest absolute Gasteiger partial charge is 0.487 e. The molecular weight excluding hydrogens is 431 g/mol.